The van der Waals surface area contributed by atoms with Gasteiger partial charge in [-0.05, 0) is 105 Å². The van der Waals surface area contributed by atoms with E-state index in [1.54, 1.807) is 0 Å². The summed E-state index contributed by atoms with van der Waals surface area (Å²) in [6.45, 7) is 0.392. The van der Waals surface area contributed by atoms with E-state index in [2.05, 4.69) is 45.3 Å². The van der Waals surface area contributed by atoms with Crippen LogP contribution in [0.2, 0.25) is 0 Å². The number of carbonyl (C=O) groups excluding carboxylic acids is 3. The zero-order valence-corrected chi connectivity index (χ0v) is 38.3. The Balaban J connectivity index is 1.06. The molecule has 3 amide bonds. The molecule has 2 aromatic rings. The van der Waals surface area contributed by atoms with Gasteiger partial charge in [0.25, 0.3) is 0 Å². The van der Waals surface area contributed by atoms with Crippen LogP contribution in [0.3, 0.4) is 0 Å². The van der Waals surface area contributed by atoms with Crippen LogP contribution in [0.25, 0.3) is 10.9 Å². The standard InChI is InChI=1S/C53H87N5O3/c54-53(61)55-33-21-28-49(51(59)37-42-35-41(36-42)34-40-22-15-11-7-5-6-8-12-16-23-40)58-52(60)50(38-45-39-56-48-27-20-19-26-47(45)48)57-46-31-29-44(30-32-46)43-24-17-13-9-3-1-2-4-10-14-18-25-43/h19-20,26-27,39-44,46,49-50,56-57H,1-18,21-25,28-38H2,(H,58,60)(H3,54,55,61)/t41?,42?,44?,46?,49-,50?/m1/s1. The van der Waals surface area contributed by atoms with Crippen molar-refractivity contribution in [3.8, 4) is 0 Å². The number of urea groups is 1. The number of para-hydroxylation sites is 1. The average molecular weight is 842 g/mol. The Hall–Kier alpha value is -2.87. The highest BCUT2D eigenvalue weighted by Gasteiger charge is 2.36. The molecule has 0 aliphatic heterocycles. The highest BCUT2D eigenvalue weighted by molar-refractivity contribution is 5.92. The lowest BCUT2D eigenvalue weighted by atomic mass is 9.68. The molecule has 1 unspecified atom stereocenters. The van der Waals surface area contributed by atoms with Crippen molar-refractivity contribution in [1.29, 1.82) is 0 Å². The van der Waals surface area contributed by atoms with E-state index in [9.17, 15) is 14.4 Å². The molecule has 1 aromatic heterocycles. The molecule has 0 saturated heterocycles. The number of aromatic amines is 1. The molecule has 6 rings (SSSR count). The Morgan fingerprint density at radius 1 is 0.639 bits per heavy atom. The number of aromatic nitrogens is 1. The molecule has 4 aliphatic carbocycles. The molecule has 8 nitrogen and oxygen atoms in total. The van der Waals surface area contributed by atoms with Crippen molar-refractivity contribution in [1.82, 2.24) is 20.9 Å². The summed E-state index contributed by atoms with van der Waals surface area (Å²) in [6.07, 6.45) is 43.2. The Kier molecular flexibility index (Phi) is 20.8. The molecule has 61 heavy (non-hydrogen) atoms. The number of nitrogens with one attached hydrogen (secondary N) is 4. The number of hydrogen-bond donors (Lipinski definition) is 5. The Bertz CT molecular complexity index is 1530. The van der Waals surface area contributed by atoms with Gasteiger partial charge in [0.2, 0.25) is 5.91 Å². The monoisotopic (exact) mass is 842 g/mol. The second kappa shape index (κ2) is 26.7. The van der Waals surface area contributed by atoms with Gasteiger partial charge in [0.05, 0.1) is 12.1 Å². The fraction of sp³-hybridized carbons (Fsp3) is 0.792. The van der Waals surface area contributed by atoms with Crippen LogP contribution in [0.5, 0.6) is 0 Å². The number of carbonyl (C=O) groups is 3. The lowest BCUT2D eigenvalue weighted by molar-refractivity contribution is -0.130. The molecule has 2 atom stereocenters. The average Bonchev–Trinajstić information content (AvgIpc) is 3.64. The molecule has 1 heterocycles. The number of amides is 3. The first-order chi connectivity index (χ1) is 29.9. The minimum atomic E-state index is -0.572. The molecule has 8 heteroatoms. The molecule has 6 N–H and O–H groups in total. The molecular formula is C53H87N5O3. The van der Waals surface area contributed by atoms with Gasteiger partial charge in [-0.1, -0.05) is 159 Å². The highest BCUT2D eigenvalue weighted by Crippen LogP contribution is 2.42. The van der Waals surface area contributed by atoms with Crippen LogP contribution in [-0.4, -0.2) is 47.4 Å². The largest absolute Gasteiger partial charge is 0.361 e. The van der Waals surface area contributed by atoms with Gasteiger partial charge in [-0.15, -0.1) is 0 Å². The van der Waals surface area contributed by atoms with Gasteiger partial charge in [0.15, 0.2) is 5.78 Å². The van der Waals surface area contributed by atoms with Crippen LogP contribution in [0.1, 0.15) is 211 Å². The van der Waals surface area contributed by atoms with Gasteiger partial charge in [-0.3, -0.25) is 9.59 Å². The summed E-state index contributed by atoms with van der Waals surface area (Å²) in [4.78, 5) is 43.7. The maximum Gasteiger partial charge on any atom is 0.312 e. The van der Waals surface area contributed by atoms with Crippen LogP contribution in [0.4, 0.5) is 4.79 Å². The van der Waals surface area contributed by atoms with Crippen molar-refractivity contribution in [2.24, 2.45) is 35.3 Å². The van der Waals surface area contributed by atoms with Gasteiger partial charge in [0.1, 0.15) is 0 Å². The van der Waals surface area contributed by atoms with E-state index in [-0.39, 0.29) is 17.7 Å². The van der Waals surface area contributed by atoms with E-state index in [1.807, 2.05) is 6.07 Å². The molecule has 342 valence electrons. The van der Waals surface area contributed by atoms with Gasteiger partial charge >= 0.3 is 6.03 Å². The third kappa shape index (κ3) is 16.6. The van der Waals surface area contributed by atoms with Gasteiger partial charge < -0.3 is 26.7 Å². The topological polar surface area (TPSA) is 129 Å². The van der Waals surface area contributed by atoms with Crippen molar-refractivity contribution in [3.05, 3.63) is 36.0 Å². The summed E-state index contributed by atoms with van der Waals surface area (Å²) in [5.74, 6) is 3.68. The smallest absolute Gasteiger partial charge is 0.312 e. The number of hydrogen-bond acceptors (Lipinski definition) is 4. The lowest BCUT2D eigenvalue weighted by Crippen LogP contribution is -2.54. The number of benzene rings is 1. The lowest BCUT2D eigenvalue weighted by Gasteiger charge is -2.38. The van der Waals surface area contributed by atoms with Crippen LogP contribution in [-0.2, 0) is 16.0 Å². The van der Waals surface area contributed by atoms with E-state index < -0.39 is 18.1 Å². The molecular weight excluding hydrogens is 755 g/mol. The summed E-state index contributed by atoms with van der Waals surface area (Å²) < 4.78 is 0. The molecule has 0 radical (unpaired) electrons. The van der Waals surface area contributed by atoms with Crippen LogP contribution in [0.15, 0.2) is 30.5 Å². The van der Waals surface area contributed by atoms with E-state index in [0.29, 0.717) is 38.1 Å². The second-order valence-electron chi connectivity index (χ2n) is 20.6. The first-order valence-electron chi connectivity index (χ1n) is 26.1. The third-order valence-electron chi connectivity index (χ3n) is 15.8. The Morgan fingerprint density at radius 3 is 1.80 bits per heavy atom. The zero-order valence-electron chi connectivity index (χ0n) is 38.3. The van der Waals surface area contributed by atoms with Crippen molar-refractivity contribution < 1.29 is 14.4 Å². The fourth-order valence-corrected chi connectivity index (χ4v) is 12.2. The van der Waals surface area contributed by atoms with E-state index in [0.717, 1.165) is 65.8 Å². The van der Waals surface area contributed by atoms with Crippen molar-refractivity contribution in [2.45, 2.75) is 230 Å². The molecule has 1 aromatic carbocycles. The maximum atomic E-state index is 14.6. The summed E-state index contributed by atoms with van der Waals surface area (Å²) in [6, 6.07) is 7.04. The number of nitrogens with two attached hydrogens (primary N) is 1. The Morgan fingerprint density at radius 2 is 1.20 bits per heavy atom. The predicted octanol–water partition coefficient (Wildman–Crippen LogP) is 12.4. The van der Waals surface area contributed by atoms with Gasteiger partial charge in [-0.25, -0.2) is 4.79 Å². The van der Waals surface area contributed by atoms with Crippen molar-refractivity contribution in [2.75, 3.05) is 6.54 Å². The summed E-state index contributed by atoms with van der Waals surface area (Å²) in [5, 5.41) is 11.0. The summed E-state index contributed by atoms with van der Waals surface area (Å²) in [5.41, 5.74) is 7.59. The predicted molar refractivity (Wildman–Crippen MR) is 252 cm³/mol. The van der Waals surface area contributed by atoms with Crippen LogP contribution < -0.4 is 21.7 Å². The molecule has 4 aliphatic rings. The number of ketones is 1. The number of primary amides is 1. The first-order valence-corrected chi connectivity index (χ1v) is 26.1. The van der Waals surface area contributed by atoms with E-state index in [1.165, 1.54) is 161 Å². The summed E-state index contributed by atoms with van der Waals surface area (Å²) in [7, 11) is 0. The van der Waals surface area contributed by atoms with Crippen molar-refractivity contribution >= 4 is 28.6 Å². The number of fused-ring (bicyclic) bond motifs is 1. The van der Waals surface area contributed by atoms with E-state index in [4.69, 9.17) is 5.73 Å². The normalized spacial score (nSPS) is 26.0. The molecule has 4 fully saturated rings. The highest BCUT2D eigenvalue weighted by atomic mass is 16.2. The maximum absolute atomic E-state index is 14.6. The van der Waals surface area contributed by atoms with Gasteiger partial charge in [0, 0.05) is 36.1 Å². The molecule has 4 saturated carbocycles. The van der Waals surface area contributed by atoms with Crippen LogP contribution in [0, 0.1) is 29.6 Å². The minimum Gasteiger partial charge on any atom is -0.361 e. The SMILES string of the molecule is NC(=O)NCCC[C@@H](NC(=O)C(Cc1c[nH]c2ccccc12)NC1CCC(C2CCCCCCCCCCCC2)CC1)C(=O)CC1CC(CC2CCCCCCCCCC2)C1. The Labute approximate surface area is 370 Å². The summed E-state index contributed by atoms with van der Waals surface area (Å²) >= 11 is 0. The number of H-pyrrole nitrogens is 1. The third-order valence-corrected chi connectivity index (χ3v) is 15.8. The fourth-order valence-electron chi connectivity index (χ4n) is 12.2. The van der Waals surface area contributed by atoms with Gasteiger partial charge in [-0.2, -0.15) is 0 Å². The second-order valence-corrected chi connectivity index (χ2v) is 20.6. The molecule has 0 bridgehead atoms. The minimum absolute atomic E-state index is 0.0814. The van der Waals surface area contributed by atoms with Crippen LogP contribution >= 0.6 is 0 Å². The quantitative estimate of drug-likeness (QED) is 0.108. The number of rotatable bonds is 16. The number of Topliss-reactive ketones (excluding diaryl/α,β-unsaturated/α-hetero) is 1. The molecule has 0 spiro atoms. The zero-order chi connectivity index (χ0) is 42.5. The van der Waals surface area contributed by atoms with E-state index >= 15 is 0 Å². The first kappa shape index (κ1) is 47.6. The van der Waals surface area contributed by atoms with Crippen molar-refractivity contribution in [3.63, 3.8) is 0 Å².